The minimum Gasteiger partial charge on any atom is -0.290 e. The molecule has 0 spiro atoms. The smallest absolute Gasteiger partial charge is 0.290 e. The molecule has 0 N–H and O–H groups in total. The van der Waals surface area contributed by atoms with E-state index >= 15 is 0 Å². The van der Waals surface area contributed by atoms with Crippen LogP contribution in [0, 0.1) is 112 Å². The second kappa shape index (κ2) is 23.3. The SMILES string of the molecule is C[C]1[C](C)[C](C)[C](C)[C]1C.C[C]1[C](C)[C](C)[C](C)[C]1C.Fc1ccc([B-](c2ccc(F)cc2)(c2ccc(F)cc2)c2ccc(F)cc2)cc1.[CH-]=C([C]=[C]C(C)(C)C)C(C)(C)C.[Zr+2]. The Balaban J connectivity index is 0.000000331. The summed E-state index contributed by atoms with van der Waals surface area (Å²) >= 11 is 0. The van der Waals surface area contributed by atoms with E-state index in [1.54, 1.807) is 48.5 Å². The van der Waals surface area contributed by atoms with E-state index in [4.69, 9.17) is 6.58 Å². The van der Waals surface area contributed by atoms with E-state index in [2.05, 4.69) is 123 Å². The first-order chi connectivity index (χ1) is 28.2. The van der Waals surface area contributed by atoms with Crippen molar-refractivity contribution in [2.24, 2.45) is 10.8 Å². The molecular formula is C56H65BF4Zr. The summed E-state index contributed by atoms with van der Waals surface area (Å²) in [6, 6.07) is 24.1. The van der Waals surface area contributed by atoms with Gasteiger partial charge in [0.05, 0.1) is 0 Å². The molecule has 324 valence electrons. The van der Waals surface area contributed by atoms with E-state index in [1.165, 1.54) is 108 Å². The minimum atomic E-state index is -1.94. The molecule has 0 bridgehead atoms. The van der Waals surface area contributed by atoms with Gasteiger partial charge in [-0.3, -0.25) is 6.58 Å². The van der Waals surface area contributed by atoms with Gasteiger partial charge in [-0.1, -0.05) is 159 Å². The number of allylic oxidation sites excluding steroid dienone is 3. The van der Waals surface area contributed by atoms with Crippen molar-refractivity contribution in [1.29, 1.82) is 0 Å². The van der Waals surface area contributed by atoms with E-state index in [1.807, 2.05) is 0 Å². The Morgan fingerprint density at radius 1 is 0.387 bits per heavy atom. The Hall–Kier alpha value is -2.97. The van der Waals surface area contributed by atoms with Gasteiger partial charge in [-0.15, -0.1) is 6.08 Å². The van der Waals surface area contributed by atoms with Gasteiger partial charge in [0.1, 0.15) is 29.4 Å². The van der Waals surface area contributed by atoms with Gasteiger partial charge >= 0.3 is 26.2 Å². The summed E-state index contributed by atoms with van der Waals surface area (Å²) in [7, 11) is 0. The van der Waals surface area contributed by atoms with Crippen molar-refractivity contribution in [2.75, 3.05) is 0 Å². The average Bonchev–Trinajstić information content (AvgIpc) is 3.48. The summed E-state index contributed by atoms with van der Waals surface area (Å²) in [4.78, 5) is 0. The number of benzene rings is 4. The molecule has 0 nitrogen and oxygen atoms in total. The number of rotatable bonds is 5. The summed E-state index contributed by atoms with van der Waals surface area (Å²) < 4.78 is 54.8. The molecule has 0 heterocycles. The van der Waals surface area contributed by atoms with Gasteiger partial charge in [0, 0.05) is 0 Å². The van der Waals surface area contributed by atoms with Crippen LogP contribution in [-0.4, -0.2) is 6.15 Å². The number of hydrogen-bond donors (Lipinski definition) is 0. The van der Waals surface area contributed by atoms with Gasteiger partial charge < -0.3 is 0 Å². The second-order valence-electron chi connectivity index (χ2n) is 18.5. The maximum Gasteiger partial charge on any atom is 2.00 e. The molecule has 2 fully saturated rings. The van der Waals surface area contributed by atoms with Crippen LogP contribution < -0.4 is 21.9 Å². The molecule has 0 aliphatic heterocycles. The van der Waals surface area contributed by atoms with Gasteiger partial charge in [0.15, 0.2) is 0 Å². The molecule has 2 saturated carbocycles. The summed E-state index contributed by atoms with van der Waals surface area (Å²) in [5.41, 5.74) is 3.78. The molecule has 62 heavy (non-hydrogen) atoms. The van der Waals surface area contributed by atoms with Crippen molar-refractivity contribution in [2.45, 2.75) is 111 Å². The van der Waals surface area contributed by atoms with Gasteiger partial charge in [-0.25, -0.2) is 29.2 Å². The third-order valence-corrected chi connectivity index (χ3v) is 12.5. The number of halogens is 4. The molecule has 0 amide bonds. The third-order valence-electron chi connectivity index (χ3n) is 12.5. The van der Waals surface area contributed by atoms with Crippen LogP contribution in [0.4, 0.5) is 17.6 Å². The van der Waals surface area contributed by atoms with Crippen LogP contribution >= 0.6 is 0 Å². The van der Waals surface area contributed by atoms with Crippen molar-refractivity contribution in [3.8, 4) is 0 Å². The maximum atomic E-state index is 13.7. The number of hydrogen-bond acceptors (Lipinski definition) is 0. The fourth-order valence-corrected chi connectivity index (χ4v) is 7.42. The predicted molar refractivity (Wildman–Crippen MR) is 252 cm³/mol. The normalized spacial score (nSPS) is 17.2. The maximum absolute atomic E-state index is 13.7. The first kappa shape index (κ1) is 55.2. The fourth-order valence-electron chi connectivity index (χ4n) is 7.42. The first-order valence-electron chi connectivity index (χ1n) is 21.0. The summed E-state index contributed by atoms with van der Waals surface area (Å²) in [6.45, 7) is 40.2. The van der Waals surface area contributed by atoms with Crippen LogP contribution in [0.25, 0.3) is 0 Å². The average molecular weight is 916 g/mol. The Kier molecular flexibility index (Phi) is 20.7. The Bertz CT molecular complexity index is 1670. The van der Waals surface area contributed by atoms with E-state index in [-0.39, 0.29) is 37.0 Å². The molecule has 6 heteroatoms. The van der Waals surface area contributed by atoms with Crippen LogP contribution in [0.1, 0.15) is 111 Å². The van der Waals surface area contributed by atoms with Crippen LogP contribution in [0.15, 0.2) is 103 Å². The molecule has 12 radical (unpaired) electrons. The molecule has 6 rings (SSSR count). The molecular weight excluding hydrogens is 851 g/mol. The summed E-state index contributed by atoms with van der Waals surface area (Å²) in [5.74, 6) is 13.1. The standard InChI is InChI=1S/C24H16BF4.C12H19.2C10H15.Zr/c26-21-9-1-17(2-10-21)25(18-3-11-22(27)12-4-18,19-5-13-23(28)14-6-19)20-7-15-24(29)16-8-20;1-10(12(5,6)7)8-9-11(2,3)4;2*1-6-7(2)9(4)10(5)8(6)3;/h1-16H;1H,2-7H3;2*1-5H3;/q2*-1;;;+2. The van der Waals surface area contributed by atoms with Crippen molar-refractivity contribution in [3.63, 3.8) is 0 Å². The van der Waals surface area contributed by atoms with Crippen LogP contribution in [-0.2, 0) is 26.2 Å². The largest absolute Gasteiger partial charge is 2.00 e. The van der Waals surface area contributed by atoms with E-state index in [0.29, 0.717) is 0 Å². The van der Waals surface area contributed by atoms with Crippen molar-refractivity contribution < 1.29 is 43.8 Å². The van der Waals surface area contributed by atoms with Crippen LogP contribution in [0.3, 0.4) is 0 Å². The zero-order valence-corrected chi connectivity index (χ0v) is 42.4. The summed E-state index contributed by atoms with van der Waals surface area (Å²) in [5, 5.41) is 0. The minimum absolute atomic E-state index is 0. The molecule has 0 aromatic heterocycles. The molecule has 0 unspecified atom stereocenters. The second-order valence-corrected chi connectivity index (χ2v) is 18.5. The van der Waals surface area contributed by atoms with Gasteiger partial charge in [-0.2, -0.15) is 21.9 Å². The van der Waals surface area contributed by atoms with Crippen molar-refractivity contribution >= 4 is 28.0 Å². The Morgan fingerprint density at radius 2 is 0.565 bits per heavy atom. The monoisotopic (exact) mass is 914 g/mol. The predicted octanol–water partition coefficient (Wildman–Crippen LogP) is 13.2. The molecule has 2 aliphatic carbocycles. The van der Waals surface area contributed by atoms with Gasteiger partial charge in [0.2, 0.25) is 0 Å². The Labute approximate surface area is 394 Å². The van der Waals surface area contributed by atoms with E-state index in [0.717, 1.165) is 27.4 Å². The topological polar surface area (TPSA) is 0 Å². The van der Waals surface area contributed by atoms with Crippen LogP contribution in [0.2, 0.25) is 0 Å². The summed E-state index contributed by atoms with van der Waals surface area (Å²) in [6.07, 6.45) is 4.18. The first-order valence-corrected chi connectivity index (χ1v) is 21.0. The Morgan fingerprint density at radius 3 is 0.710 bits per heavy atom. The van der Waals surface area contributed by atoms with Crippen molar-refractivity contribution in [3.05, 3.63) is 204 Å². The quantitative estimate of drug-likeness (QED) is 0.0810. The van der Waals surface area contributed by atoms with E-state index < -0.39 is 29.4 Å². The zero-order chi connectivity index (χ0) is 46.2. The zero-order valence-electron chi connectivity index (χ0n) is 39.9. The fraction of sp³-hybridized carbons (Fsp3) is 0.321. The molecule has 2 aliphatic rings. The van der Waals surface area contributed by atoms with Gasteiger partial charge in [0.25, 0.3) is 0 Å². The van der Waals surface area contributed by atoms with E-state index in [9.17, 15) is 17.6 Å². The molecule has 0 saturated heterocycles. The molecule has 4 aromatic rings. The van der Waals surface area contributed by atoms with Crippen molar-refractivity contribution in [1.82, 2.24) is 0 Å². The van der Waals surface area contributed by atoms with Gasteiger partial charge in [-0.05, 0) is 119 Å². The molecule has 0 atom stereocenters. The molecule has 4 aromatic carbocycles. The third kappa shape index (κ3) is 14.0. The van der Waals surface area contributed by atoms with Crippen LogP contribution in [0.5, 0.6) is 0 Å².